The molecule has 3 rings (SSSR count). The Morgan fingerprint density at radius 2 is 1.75 bits per heavy atom. The first-order chi connectivity index (χ1) is 15.5. The van der Waals surface area contributed by atoms with Crippen molar-refractivity contribution in [2.24, 2.45) is 0 Å². The molecule has 0 bridgehead atoms. The van der Waals surface area contributed by atoms with Crippen LogP contribution in [0.15, 0.2) is 47.4 Å². The van der Waals surface area contributed by atoms with E-state index in [-0.39, 0.29) is 11.1 Å². The van der Waals surface area contributed by atoms with Crippen LogP contribution in [-0.4, -0.2) is 24.9 Å². The van der Waals surface area contributed by atoms with Crippen molar-refractivity contribution in [1.29, 1.82) is 0 Å². The largest absolute Gasteiger partial charge is 0.493 e. The molecule has 5 nitrogen and oxygen atoms in total. The zero-order valence-corrected chi connectivity index (χ0v) is 19.9. The zero-order valence-electron chi connectivity index (χ0n) is 19.1. The lowest BCUT2D eigenvalue weighted by atomic mass is 10.1. The van der Waals surface area contributed by atoms with E-state index >= 15 is 0 Å². The van der Waals surface area contributed by atoms with Gasteiger partial charge in [0.1, 0.15) is 0 Å². The number of anilines is 1. The molecular weight excluding hydrogens is 422 g/mol. The summed E-state index contributed by atoms with van der Waals surface area (Å²) in [6.45, 7) is 4.80. The third kappa shape index (κ3) is 6.16. The minimum Gasteiger partial charge on any atom is -0.493 e. The molecule has 0 spiro atoms. The van der Waals surface area contributed by atoms with Crippen LogP contribution in [0.1, 0.15) is 56.6 Å². The van der Waals surface area contributed by atoms with Crippen molar-refractivity contribution in [2.45, 2.75) is 52.4 Å². The topological polar surface area (TPSA) is 55.8 Å². The van der Waals surface area contributed by atoms with E-state index in [4.69, 9.17) is 9.47 Å². The van der Waals surface area contributed by atoms with Gasteiger partial charge in [0.15, 0.2) is 11.5 Å². The van der Waals surface area contributed by atoms with Gasteiger partial charge in [-0.3, -0.25) is 9.59 Å². The minimum absolute atomic E-state index is 0.294. The smallest absolute Gasteiger partial charge is 0.298 e. The fraction of sp³-hybridized carbons (Fsp3) is 0.385. The molecule has 0 aliphatic carbocycles. The number of imide groups is 1. The zero-order chi connectivity index (χ0) is 22.9. The number of nitrogens with zero attached hydrogens (tertiary/aromatic N) is 1. The lowest BCUT2D eigenvalue weighted by Crippen LogP contribution is -2.27. The predicted molar refractivity (Wildman–Crippen MR) is 131 cm³/mol. The standard InChI is InChI=1S/C26H31NO4S/c1-4-5-6-7-8-9-15-31-22-14-13-20(17-23(22)30-3)18-24-25(28)27(26(29)32-24)21-12-10-11-19(2)16-21/h10-14,16-18H,4-9,15H2,1-3H3/b24-18-. The molecule has 2 aromatic rings. The van der Waals surface area contributed by atoms with Crippen LogP contribution in [0.25, 0.3) is 6.08 Å². The highest BCUT2D eigenvalue weighted by atomic mass is 32.2. The van der Waals surface area contributed by atoms with E-state index in [1.807, 2.05) is 43.3 Å². The fourth-order valence-corrected chi connectivity index (χ4v) is 4.41. The van der Waals surface area contributed by atoms with Crippen LogP contribution >= 0.6 is 11.8 Å². The quantitative estimate of drug-likeness (QED) is 0.271. The summed E-state index contributed by atoms with van der Waals surface area (Å²) in [5.41, 5.74) is 2.36. The highest BCUT2D eigenvalue weighted by Gasteiger charge is 2.36. The molecule has 0 radical (unpaired) electrons. The first-order valence-corrected chi connectivity index (χ1v) is 12.0. The molecule has 1 heterocycles. The Balaban J connectivity index is 1.65. The molecule has 1 fully saturated rings. The number of carbonyl (C=O) groups excluding carboxylic acids is 2. The number of methoxy groups -OCH3 is 1. The lowest BCUT2D eigenvalue weighted by molar-refractivity contribution is -0.113. The van der Waals surface area contributed by atoms with Gasteiger partial charge < -0.3 is 9.47 Å². The van der Waals surface area contributed by atoms with E-state index in [2.05, 4.69) is 6.92 Å². The van der Waals surface area contributed by atoms with Crippen LogP contribution in [0.2, 0.25) is 0 Å². The summed E-state index contributed by atoms with van der Waals surface area (Å²) in [6.07, 6.45) is 8.96. The molecule has 0 saturated carbocycles. The third-order valence-electron chi connectivity index (χ3n) is 5.29. The van der Waals surface area contributed by atoms with Crippen molar-refractivity contribution in [1.82, 2.24) is 0 Å². The molecule has 170 valence electrons. The number of unbranched alkanes of at least 4 members (excludes halogenated alkanes) is 5. The summed E-state index contributed by atoms with van der Waals surface area (Å²) < 4.78 is 11.4. The number of carbonyl (C=O) groups is 2. The molecule has 2 amide bonds. The van der Waals surface area contributed by atoms with Crippen LogP contribution in [0.3, 0.4) is 0 Å². The summed E-state index contributed by atoms with van der Waals surface area (Å²) in [5, 5.41) is -0.294. The Bertz CT molecular complexity index is 986. The monoisotopic (exact) mass is 453 g/mol. The van der Waals surface area contributed by atoms with E-state index in [1.54, 1.807) is 19.3 Å². The SMILES string of the molecule is CCCCCCCCOc1ccc(/C=C2\SC(=O)N(c3cccc(C)c3)C2=O)cc1OC. The van der Waals surface area contributed by atoms with E-state index in [0.29, 0.717) is 28.7 Å². The van der Waals surface area contributed by atoms with Gasteiger partial charge in [-0.05, 0) is 66.6 Å². The first-order valence-electron chi connectivity index (χ1n) is 11.2. The summed E-state index contributed by atoms with van der Waals surface area (Å²) in [4.78, 5) is 27.0. The van der Waals surface area contributed by atoms with Crippen LogP contribution in [0.5, 0.6) is 11.5 Å². The molecule has 0 atom stereocenters. The molecule has 6 heteroatoms. The number of amides is 2. The summed E-state index contributed by atoms with van der Waals surface area (Å²) in [7, 11) is 1.60. The maximum absolute atomic E-state index is 12.9. The number of thioether (sulfide) groups is 1. The number of aryl methyl sites for hydroxylation is 1. The van der Waals surface area contributed by atoms with Crippen molar-refractivity contribution in [2.75, 3.05) is 18.6 Å². The van der Waals surface area contributed by atoms with Gasteiger partial charge in [-0.2, -0.15) is 0 Å². The molecule has 0 N–H and O–H groups in total. The van der Waals surface area contributed by atoms with Crippen LogP contribution < -0.4 is 14.4 Å². The van der Waals surface area contributed by atoms with Gasteiger partial charge in [-0.25, -0.2) is 4.90 Å². The minimum atomic E-state index is -0.312. The second-order valence-corrected chi connectivity index (χ2v) is 8.88. The molecular formula is C26H31NO4S. The van der Waals surface area contributed by atoms with Crippen molar-refractivity contribution in [3.05, 3.63) is 58.5 Å². The molecule has 2 aromatic carbocycles. The molecule has 32 heavy (non-hydrogen) atoms. The number of hydrogen-bond donors (Lipinski definition) is 0. The maximum Gasteiger partial charge on any atom is 0.298 e. The van der Waals surface area contributed by atoms with Gasteiger partial charge in [0.05, 0.1) is 24.3 Å². The van der Waals surface area contributed by atoms with Crippen LogP contribution in [0, 0.1) is 6.92 Å². The Labute approximate surface area is 194 Å². The number of ether oxygens (including phenoxy) is 2. The van der Waals surface area contributed by atoms with Gasteiger partial charge in [0.2, 0.25) is 0 Å². The Kier molecular flexibility index (Phi) is 8.80. The average molecular weight is 454 g/mol. The maximum atomic E-state index is 12.9. The van der Waals surface area contributed by atoms with Gasteiger partial charge in [0, 0.05) is 0 Å². The average Bonchev–Trinajstić information content (AvgIpc) is 3.06. The van der Waals surface area contributed by atoms with E-state index in [1.165, 1.54) is 30.6 Å². The normalized spacial score (nSPS) is 15.0. The van der Waals surface area contributed by atoms with Crippen molar-refractivity contribution >= 4 is 34.7 Å². The Morgan fingerprint density at radius 1 is 0.969 bits per heavy atom. The van der Waals surface area contributed by atoms with Gasteiger partial charge in [-0.15, -0.1) is 0 Å². The first kappa shape index (κ1) is 23.9. The molecule has 0 unspecified atom stereocenters. The molecule has 0 aromatic heterocycles. The van der Waals surface area contributed by atoms with Crippen molar-refractivity contribution < 1.29 is 19.1 Å². The van der Waals surface area contributed by atoms with E-state index in [0.717, 1.165) is 35.7 Å². The highest BCUT2D eigenvalue weighted by Crippen LogP contribution is 2.37. The van der Waals surface area contributed by atoms with Crippen LogP contribution in [0.4, 0.5) is 10.5 Å². The van der Waals surface area contributed by atoms with E-state index in [9.17, 15) is 9.59 Å². The van der Waals surface area contributed by atoms with Gasteiger partial charge >= 0.3 is 0 Å². The number of hydrogen-bond acceptors (Lipinski definition) is 5. The van der Waals surface area contributed by atoms with Gasteiger partial charge in [0.25, 0.3) is 11.1 Å². The predicted octanol–water partition coefficient (Wildman–Crippen LogP) is 6.98. The Morgan fingerprint density at radius 3 is 2.50 bits per heavy atom. The molecule has 1 aliphatic heterocycles. The van der Waals surface area contributed by atoms with Crippen molar-refractivity contribution in [3.8, 4) is 11.5 Å². The third-order valence-corrected chi connectivity index (χ3v) is 6.16. The second-order valence-electron chi connectivity index (χ2n) is 7.88. The number of benzene rings is 2. The summed E-state index contributed by atoms with van der Waals surface area (Å²) in [5.74, 6) is 0.988. The fourth-order valence-electron chi connectivity index (χ4n) is 3.57. The highest BCUT2D eigenvalue weighted by molar-refractivity contribution is 8.19. The van der Waals surface area contributed by atoms with E-state index < -0.39 is 0 Å². The van der Waals surface area contributed by atoms with Crippen molar-refractivity contribution in [3.63, 3.8) is 0 Å². The summed E-state index contributed by atoms with van der Waals surface area (Å²) >= 11 is 0.946. The molecule has 1 aliphatic rings. The lowest BCUT2D eigenvalue weighted by Gasteiger charge is -2.13. The number of rotatable bonds is 11. The van der Waals surface area contributed by atoms with Crippen LogP contribution in [-0.2, 0) is 4.79 Å². The Hall–Kier alpha value is -2.73. The van der Waals surface area contributed by atoms with Gasteiger partial charge in [-0.1, -0.05) is 57.2 Å². The summed E-state index contributed by atoms with van der Waals surface area (Å²) in [6, 6.07) is 12.9. The molecule has 1 saturated heterocycles. The second kappa shape index (κ2) is 11.8.